The van der Waals surface area contributed by atoms with Gasteiger partial charge in [0.2, 0.25) is 0 Å². The quantitative estimate of drug-likeness (QED) is 0.681. The predicted molar refractivity (Wildman–Crippen MR) is 104 cm³/mol. The lowest BCUT2D eigenvalue weighted by molar-refractivity contribution is -0.123. The summed E-state index contributed by atoms with van der Waals surface area (Å²) >= 11 is 6.16. The van der Waals surface area contributed by atoms with Gasteiger partial charge in [-0.05, 0) is 53.6 Å². The first-order valence-electron chi connectivity index (χ1n) is 8.31. The van der Waals surface area contributed by atoms with Crippen LogP contribution in [0.4, 0.5) is 0 Å². The van der Waals surface area contributed by atoms with Gasteiger partial charge in [0.25, 0.3) is 5.91 Å². The lowest BCUT2D eigenvalue weighted by atomic mass is 10.1. The molecule has 0 aliphatic carbocycles. The van der Waals surface area contributed by atoms with E-state index in [0.717, 1.165) is 22.1 Å². The first-order chi connectivity index (χ1) is 12.6. The molecule has 0 aliphatic heterocycles. The van der Waals surface area contributed by atoms with Crippen LogP contribution in [0.25, 0.3) is 10.8 Å². The maximum absolute atomic E-state index is 12.2. The number of rotatable bonds is 6. The molecule has 5 heteroatoms. The Morgan fingerprint density at radius 2 is 1.73 bits per heavy atom. The van der Waals surface area contributed by atoms with Gasteiger partial charge in [-0.3, -0.25) is 4.79 Å². The number of benzene rings is 3. The number of amides is 1. The number of nitrogens with one attached hydrogen (secondary N) is 1. The number of carbonyl (C=O) groups excluding carboxylic acids is 1. The van der Waals surface area contributed by atoms with Crippen LogP contribution in [-0.4, -0.2) is 19.6 Å². The molecule has 0 radical (unpaired) electrons. The minimum atomic E-state index is -0.205. The summed E-state index contributed by atoms with van der Waals surface area (Å²) in [5.74, 6) is 1.20. The molecule has 0 fully saturated rings. The molecule has 0 heterocycles. The first-order valence-corrected chi connectivity index (χ1v) is 8.69. The Kier molecular flexibility index (Phi) is 5.64. The van der Waals surface area contributed by atoms with E-state index in [-0.39, 0.29) is 18.6 Å². The molecule has 0 saturated heterocycles. The Morgan fingerprint density at radius 1 is 1.04 bits per heavy atom. The molecule has 4 nitrogen and oxygen atoms in total. The maximum Gasteiger partial charge on any atom is 0.258 e. The molecule has 0 bridgehead atoms. The Hall–Kier alpha value is -2.72. The zero-order valence-corrected chi connectivity index (χ0v) is 15.4. The zero-order valence-electron chi connectivity index (χ0n) is 14.7. The van der Waals surface area contributed by atoms with Crippen molar-refractivity contribution in [2.75, 3.05) is 13.7 Å². The smallest absolute Gasteiger partial charge is 0.258 e. The molecule has 134 valence electrons. The Bertz CT molecular complexity index is 926. The summed E-state index contributed by atoms with van der Waals surface area (Å²) < 4.78 is 10.9. The van der Waals surface area contributed by atoms with Gasteiger partial charge >= 0.3 is 0 Å². The van der Waals surface area contributed by atoms with Crippen LogP contribution in [-0.2, 0) is 4.79 Å². The second-order valence-corrected chi connectivity index (χ2v) is 6.38. The molecule has 3 rings (SSSR count). The average Bonchev–Trinajstić information content (AvgIpc) is 2.66. The van der Waals surface area contributed by atoms with E-state index in [9.17, 15) is 4.79 Å². The second-order valence-electron chi connectivity index (χ2n) is 5.97. The van der Waals surface area contributed by atoms with Gasteiger partial charge in [-0.25, -0.2) is 0 Å². The minimum Gasteiger partial charge on any atom is -0.497 e. The van der Waals surface area contributed by atoms with Crippen molar-refractivity contribution in [2.45, 2.75) is 13.0 Å². The molecule has 0 aromatic heterocycles. The Labute approximate surface area is 157 Å². The number of carbonyl (C=O) groups is 1. The largest absolute Gasteiger partial charge is 0.497 e. The van der Waals surface area contributed by atoms with E-state index in [4.69, 9.17) is 21.1 Å². The Balaban J connectivity index is 1.62. The van der Waals surface area contributed by atoms with Gasteiger partial charge in [0, 0.05) is 5.02 Å². The standard InChI is InChI=1S/C21H20ClNO3/c1-14(19-5-3-4-6-20(19)22)23-21(24)13-26-18-10-8-15-7-9-17(25-2)11-16(15)12-18/h3-12,14H,13H2,1-2H3,(H,23,24)/t14-/m1/s1. The van der Waals surface area contributed by atoms with Crippen LogP contribution in [0.1, 0.15) is 18.5 Å². The topological polar surface area (TPSA) is 47.6 Å². The highest BCUT2D eigenvalue weighted by Crippen LogP contribution is 2.25. The summed E-state index contributed by atoms with van der Waals surface area (Å²) in [7, 11) is 1.63. The van der Waals surface area contributed by atoms with E-state index < -0.39 is 0 Å². The molecule has 1 amide bonds. The molecule has 0 unspecified atom stereocenters. The van der Waals surface area contributed by atoms with Crippen LogP contribution in [0.5, 0.6) is 11.5 Å². The molecule has 3 aromatic carbocycles. The Morgan fingerprint density at radius 3 is 2.46 bits per heavy atom. The fourth-order valence-electron chi connectivity index (χ4n) is 2.76. The molecule has 1 atom stereocenters. The van der Waals surface area contributed by atoms with E-state index in [2.05, 4.69) is 5.32 Å². The van der Waals surface area contributed by atoms with Crippen molar-refractivity contribution in [1.29, 1.82) is 0 Å². The van der Waals surface area contributed by atoms with Crippen molar-refractivity contribution in [3.05, 3.63) is 71.2 Å². The van der Waals surface area contributed by atoms with Crippen LogP contribution in [0.2, 0.25) is 5.02 Å². The van der Waals surface area contributed by atoms with Gasteiger partial charge in [0.1, 0.15) is 11.5 Å². The summed E-state index contributed by atoms with van der Waals surface area (Å²) in [6.07, 6.45) is 0. The van der Waals surface area contributed by atoms with Gasteiger partial charge in [-0.15, -0.1) is 0 Å². The molecule has 1 N–H and O–H groups in total. The molecular formula is C21H20ClNO3. The summed E-state index contributed by atoms with van der Waals surface area (Å²) in [5.41, 5.74) is 0.875. The van der Waals surface area contributed by atoms with Crippen molar-refractivity contribution in [2.24, 2.45) is 0 Å². The van der Waals surface area contributed by atoms with Gasteiger partial charge in [-0.1, -0.05) is 41.9 Å². The summed E-state index contributed by atoms with van der Waals surface area (Å²) in [5, 5.41) is 5.59. The van der Waals surface area contributed by atoms with Crippen molar-refractivity contribution < 1.29 is 14.3 Å². The third kappa shape index (κ3) is 4.27. The summed E-state index contributed by atoms with van der Waals surface area (Å²) in [6.45, 7) is 1.83. The first kappa shape index (κ1) is 18.1. The van der Waals surface area contributed by atoms with E-state index in [1.165, 1.54) is 0 Å². The van der Waals surface area contributed by atoms with Crippen molar-refractivity contribution in [3.8, 4) is 11.5 Å². The third-order valence-electron chi connectivity index (χ3n) is 4.14. The SMILES string of the molecule is COc1ccc2ccc(OCC(=O)N[C@H](C)c3ccccc3Cl)cc2c1. The van der Waals surface area contributed by atoms with E-state index >= 15 is 0 Å². The highest BCUT2D eigenvalue weighted by atomic mass is 35.5. The summed E-state index contributed by atoms with van der Waals surface area (Å²) in [4.78, 5) is 12.2. The minimum absolute atomic E-state index is 0.0652. The highest BCUT2D eigenvalue weighted by molar-refractivity contribution is 6.31. The fraction of sp³-hybridized carbons (Fsp3) is 0.190. The predicted octanol–water partition coefficient (Wildman–Crippen LogP) is 4.76. The van der Waals surface area contributed by atoms with Gasteiger partial charge in [0.05, 0.1) is 13.2 Å². The van der Waals surface area contributed by atoms with Crippen LogP contribution < -0.4 is 14.8 Å². The highest BCUT2D eigenvalue weighted by Gasteiger charge is 2.12. The lowest BCUT2D eigenvalue weighted by Gasteiger charge is -2.16. The fourth-order valence-corrected chi connectivity index (χ4v) is 3.06. The van der Waals surface area contributed by atoms with Crippen LogP contribution in [0.3, 0.4) is 0 Å². The number of methoxy groups -OCH3 is 1. The van der Waals surface area contributed by atoms with E-state index in [0.29, 0.717) is 10.8 Å². The monoisotopic (exact) mass is 369 g/mol. The lowest BCUT2D eigenvalue weighted by Crippen LogP contribution is -2.31. The maximum atomic E-state index is 12.2. The van der Waals surface area contributed by atoms with Gasteiger partial charge < -0.3 is 14.8 Å². The number of hydrogen-bond donors (Lipinski definition) is 1. The number of halogens is 1. The van der Waals surface area contributed by atoms with Gasteiger partial charge in [0.15, 0.2) is 6.61 Å². The normalized spacial score (nSPS) is 11.8. The number of hydrogen-bond acceptors (Lipinski definition) is 3. The van der Waals surface area contributed by atoms with Crippen LogP contribution >= 0.6 is 11.6 Å². The van der Waals surface area contributed by atoms with Crippen LogP contribution in [0.15, 0.2) is 60.7 Å². The zero-order chi connectivity index (χ0) is 18.5. The molecule has 0 spiro atoms. The van der Waals surface area contributed by atoms with E-state index in [1.54, 1.807) is 13.2 Å². The van der Waals surface area contributed by atoms with Crippen molar-refractivity contribution in [1.82, 2.24) is 5.32 Å². The van der Waals surface area contributed by atoms with Crippen LogP contribution in [0, 0.1) is 0 Å². The number of ether oxygens (including phenoxy) is 2. The number of fused-ring (bicyclic) bond motifs is 1. The molecular weight excluding hydrogens is 350 g/mol. The molecule has 0 aliphatic rings. The molecule has 26 heavy (non-hydrogen) atoms. The van der Waals surface area contributed by atoms with E-state index in [1.807, 2.05) is 61.5 Å². The third-order valence-corrected chi connectivity index (χ3v) is 4.48. The summed E-state index contributed by atoms with van der Waals surface area (Å²) in [6, 6.07) is 18.8. The second kappa shape index (κ2) is 8.11. The molecule has 3 aromatic rings. The van der Waals surface area contributed by atoms with Crippen molar-refractivity contribution >= 4 is 28.3 Å². The van der Waals surface area contributed by atoms with Crippen molar-refractivity contribution in [3.63, 3.8) is 0 Å². The average molecular weight is 370 g/mol. The molecule has 0 saturated carbocycles. The van der Waals surface area contributed by atoms with Gasteiger partial charge in [-0.2, -0.15) is 0 Å².